The number of nitrogens with two attached hydrogens (primary N) is 1. The van der Waals surface area contributed by atoms with Crippen molar-refractivity contribution in [2.75, 3.05) is 32.8 Å². The van der Waals surface area contributed by atoms with E-state index in [1.54, 1.807) is 11.8 Å². The molecule has 0 atom stereocenters. The molecule has 6 heteroatoms. The van der Waals surface area contributed by atoms with Gasteiger partial charge in [-0.15, -0.1) is 0 Å². The first-order valence-electron chi connectivity index (χ1n) is 5.87. The third kappa shape index (κ3) is 7.70. The Morgan fingerprint density at radius 1 is 1.35 bits per heavy atom. The molecule has 0 aliphatic carbocycles. The first-order valence-corrected chi connectivity index (χ1v) is 5.87. The molecular weight excluding hydrogens is 222 g/mol. The summed E-state index contributed by atoms with van der Waals surface area (Å²) in [5, 5.41) is 2.67. The molecule has 0 spiro atoms. The van der Waals surface area contributed by atoms with Gasteiger partial charge in [-0.1, -0.05) is 0 Å². The van der Waals surface area contributed by atoms with Crippen LogP contribution < -0.4 is 11.1 Å². The number of hydrogen-bond acceptors (Lipinski definition) is 5. The van der Waals surface area contributed by atoms with Crippen LogP contribution in [0.25, 0.3) is 0 Å². The van der Waals surface area contributed by atoms with Gasteiger partial charge in [-0.3, -0.25) is 14.5 Å². The zero-order valence-corrected chi connectivity index (χ0v) is 10.9. The van der Waals surface area contributed by atoms with E-state index < -0.39 is 0 Å². The molecule has 1 amide bonds. The van der Waals surface area contributed by atoms with Crippen LogP contribution in [0.3, 0.4) is 0 Å². The van der Waals surface area contributed by atoms with Crippen molar-refractivity contribution in [2.45, 2.75) is 26.8 Å². The molecule has 6 nitrogen and oxygen atoms in total. The number of carbonyl (C=O) groups is 2. The van der Waals surface area contributed by atoms with Crippen molar-refractivity contribution < 1.29 is 14.3 Å². The van der Waals surface area contributed by atoms with Crippen molar-refractivity contribution >= 4 is 11.9 Å². The van der Waals surface area contributed by atoms with Gasteiger partial charge in [0, 0.05) is 19.1 Å². The highest BCUT2D eigenvalue weighted by Crippen LogP contribution is 1.98. The summed E-state index contributed by atoms with van der Waals surface area (Å²) >= 11 is 0. The molecule has 0 rings (SSSR count). The molecule has 0 aliphatic rings. The maximum atomic E-state index is 11.5. The second-order valence-corrected chi connectivity index (χ2v) is 3.94. The summed E-state index contributed by atoms with van der Waals surface area (Å²) in [7, 11) is 0. The summed E-state index contributed by atoms with van der Waals surface area (Å²) in [6, 6.07) is 0.100. The Balaban J connectivity index is 4.14. The molecule has 3 N–H and O–H groups in total. The monoisotopic (exact) mass is 245 g/mol. The molecule has 0 fully saturated rings. The average molecular weight is 245 g/mol. The maximum Gasteiger partial charge on any atom is 0.320 e. The summed E-state index contributed by atoms with van der Waals surface area (Å²) in [5.41, 5.74) is 5.29. The van der Waals surface area contributed by atoms with E-state index in [1.807, 2.05) is 13.8 Å². The Bertz CT molecular complexity index is 244. The molecule has 0 heterocycles. The number of amides is 1. The smallest absolute Gasteiger partial charge is 0.320 e. The fraction of sp³-hybridized carbons (Fsp3) is 0.818. The molecule has 100 valence electrons. The quantitative estimate of drug-likeness (QED) is 0.554. The zero-order chi connectivity index (χ0) is 13.3. The van der Waals surface area contributed by atoms with Crippen molar-refractivity contribution in [1.82, 2.24) is 10.2 Å². The summed E-state index contributed by atoms with van der Waals surface area (Å²) in [5.74, 6) is -0.443. The average Bonchev–Trinajstić information content (AvgIpc) is 2.25. The standard InChI is InChI=1S/C11H23N3O3/c1-4-17-11(16)8-14(9(2)3)7-10(15)13-6-5-12/h9H,4-8,12H2,1-3H3,(H,13,15). The van der Waals surface area contributed by atoms with Crippen molar-refractivity contribution in [1.29, 1.82) is 0 Å². The predicted molar refractivity (Wildman–Crippen MR) is 65.4 cm³/mol. The third-order valence-corrected chi connectivity index (χ3v) is 2.18. The van der Waals surface area contributed by atoms with Gasteiger partial charge in [0.25, 0.3) is 0 Å². The van der Waals surface area contributed by atoms with E-state index in [2.05, 4.69) is 5.32 Å². The Morgan fingerprint density at radius 2 is 2.00 bits per heavy atom. The van der Waals surface area contributed by atoms with E-state index in [1.165, 1.54) is 0 Å². The van der Waals surface area contributed by atoms with Crippen LogP contribution in [0.5, 0.6) is 0 Å². The number of esters is 1. The van der Waals surface area contributed by atoms with E-state index in [0.29, 0.717) is 19.7 Å². The van der Waals surface area contributed by atoms with E-state index in [9.17, 15) is 9.59 Å². The lowest BCUT2D eigenvalue weighted by Gasteiger charge is -2.24. The van der Waals surface area contributed by atoms with Crippen LogP contribution in [0, 0.1) is 0 Å². The highest BCUT2D eigenvalue weighted by molar-refractivity contribution is 5.79. The zero-order valence-electron chi connectivity index (χ0n) is 10.9. The van der Waals surface area contributed by atoms with Gasteiger partial charge in [-0.05, 0) is 20.8 Å². The molecule has 0 saturated carbocycles. The second-order valence-electron chi connectivity index (χ2n) is 3.94. The van der Waals surface area contributed by atoms with Gasteiger partial charge in [-0.2, -0.15) is 0 Å². The van der Waals surface area contributed by atoms with Crippen LogP contribution in [0.15, 0.2) is 0 Å². The minimum atomic E-state index is -0.312. The summed E-state index contributed by atoms with van der Waals surface area (Å²) < 4.78 is 4.85. The summed E-state index contributed by atoms with van der Waals surface area (Å²) in [6.45, 7) is 7.12. The van der Waals surface area contributed by atoms with Crippen molar-refractivity contribution in [3.8, 4) is 0 Å². The fourth-order valence-electron chi connectivity index (χ4n) is 1.25. The van der Waals surface area contributed by atoms with Crippen LogP contribution in [-0.2, 0) is 14.3 Å². The normalized spacial score (nSPS) is 10.7. The molecule has 0 unspecified atom stereocenters. The van der Waals surface area contributed by atoms with Gasteiger partial charge in [0.2, 0.25) is 5.91 Å². The van der Waals surface area contributed by atoms with Crippen LogP contribution in [0.4, 0.5) is 0 Å². The molecule has 17 heavy (non-hydrogen) atoms. The molecule has 0 aliphatic heterocycles. The minimum Gasteiger partial charge on any atom is -0.465 e. The molecule has 0 saturated heterocycles. The topological polar surface area (TPSA) is 84.7 Å². The molecule has 0 aromatic carbocycles. The number of ether oxygens (including phenoxy) is 1. The fourth-order valence-corrected chi connectivity index (χ4v) is 1.25. The number of hydrogen-bond donors (Lipinski definition) is 2. The molecule has 0 bridgehead atoms. The predicted octanol–water partition coefficient (Wildman–Crippen LogP) is -0.665. The third-order valence-electron chi connectivity index (χ3n) is 2.18. The largest absolute Gasteiger partial charge is 0.465 e. The molecule has 0 radical (unpaired) electrons. The number of nitrogens with one attached hydrogen (secondary N) is 1. The Hall–Kier alpha value is -1.14. The lowest BCUT2D eigenvalue weighted by molar-refractivity contribution is -0.145. The van der Waals surface area contributed by atoms with Gasteiger partial charge in [0.05, 0.1) is 19.7 Å². The van der Waals surface area contributed by atoms with Crippen LogP contribution in [0.1, 0.15) is 20.8 Å². The van der Waals surface area contributed by atoms with Gasteiger partial charge < -0.3 is 15.8 Å². The van der Waals surface area contributed by atoms with E-state index in [0.717, 1.165) is 0 Å². The second kappa shape index (κ2) is 8.95. The van der Waals surface area contributed by atoms with Crippen molar-refractivity contribution in [3.63, 3.8) is 0 Å². The molecule has 0 aromatic rings. The Kier molecular flexibility index (Phi) is 8.35. The van der Waals surface area contributed by atoms with Gasteiger partial charge in [-0.25, -0.2) is 0 Å². The lowest BCUT2D eigenvalue weighted by Crippen LogP contribution is -2.44. The lowest BCUT2D eigenvalue weighted by atomic mass is 10.3. The van der Waals surface area contributed by atoms with Gasteiger partial charge in [0.1, 0.15) is 0 Å². The highest BCUT2D eigenvalue weighted by Gasteiger charge is 2.17. The maximum absolute atomic E-state index is 11.5. The summed E-state index contributed by atoms with van der Waals surface area (Å²) in [4.78, 5) is 24.6. The van der Waals surface area contributed by atoms with Crippen molar-refractivity contribution in [3.05, 3.63) is 0 Å². The van der Waals surface area contributed by atoms with Gasteiger partial charge >= 0.3 is 5.97 Å². The highest BCUT2D eigenvalue weighted by atomic mass is 16.5. The van der Waals surface area contributed by atoms with E-state index in [4.69, 9.17) is 10.5 Å². The number of nitrogens with zero attached hydrogens (tertiary/aromatic N) is 1. The first kappa shape index (κ1) is 15.9. The Morgan fingerprint density at radius 3 is 2.47 bits per heavy atom. The Labute approximate surface area is 102 Å². The van der Waals surface area contributed by atoms with E-state index >= 15 is 0 Å². The van der Waals surface area contributed by atoms with Crippen LogP contribution in [-0.4, -0.2) is 55.6 Å². The molecular formula is C11H23N3O3. The first-order chi connectivity index (χ1) is 8.01. The van der Waals surface area contributed by atoms with Gasteiger partial charge in [0.15, 0.2) is 0 Å². The molecule has 0 aromatic heterocycles. The summed E-state index contributed by atoms with van der Waals surface area (Å²) in [6.07, 6.45) is 0. The van der Waals surface area contributed by atoms with Crippen molar-refractivity contribution in [2.24, 2.45) is 5.73 Å². The minimum absolute atomic E-state index is 0.100. The van der Waals surface area contributed by atoms with Crippen LogP contribution in [0.2, 0.25) is 0 Å². The number of rotatable bonds is 8. The SMILES string of the molecule is CCOC(=O)CN(CC(=O)NCCN)C(C)C. The van der Waals surface area contributed by atoms with Crippen LogP contribution >= 0.6 is 0 Å². The van der Waals surface area contributed by atoms with E-state index in [-0.39, 0.29) is 31.0 Å². The number of carbonyl (C=O) groups excluding carboxylic acids is 2.